The van der Waals surface area contributed by atoms with Gasteiger partial charge < -0.3 is 25.4 Å². The van der Waals surface area contributed by atoms with E-state index in [0.29, 0.717) is 6.54 Å². The van der Waals surface area contributed by atoms with Gasteiger partial charge in [-0.1, -0.05) is 0 Å². The third-order valence-corrected chi connectivity index (χ3v) is 2.01. The normalized spacial score (nSPS) is 43.0. The second kappa shape index (κ2) is 4.15. The largest absolute Gasteiger partial charge is 0.388 e. The summed E-state index contributed by atoms with van der Waals surface area (Å²) in [5.74, 6) is 0. The summed E-state index contributed by atoms with van der Waals surface area (Å²) < 4.78 is 5.09. The SMILES string of the molecule is CNCC1OCC(O)C(O)[C@H]1O. The minimum absolute atomic E-state index is 0.0740. The quantitative estimate of drug-likeness (QED) is 0.381. The van der Waals surface area contributed by atoms with E-state index in [-0.39, 0.29) is 6.61 Å². The summed E-state index contributed by atoms with van der Waals surface area (Å²) in [7, 11) is 1.73. The van der Waals surface area contributed by atoms with Gasteiger partial charge in [-0.15, -0.1) is 0 Å². The van der Waals surface area contributed by atoms with Crippen LogP contribution >= 0.6 is 0 Å². The fourth-order valence-corrected chi connectivity index (χ4v) is 1.25. The van der Waals surface area contributed by atoms with E-state index in [1.165, 1.54) is 0 Å². The highest BCUT2D eigenvalue weighted by Crippen LogP contribution is 2.14. The molecule has 1 saturated heterocycles. The van der Waals surface area contributed by atoms with Crippen LogP contribution in [0, 0.1) is 0 Å². The van der Waals surface area contributed by atoms with Crippen molar-refractivity contribution in [2.24, 2.45) is 0 Å². The molecule has 0 aromatic carbocycles. The smallest absolute Gasteiger partial charge is 0.111 e. The number of likely N-dealkylation sites (N-methyl/N-ethyl adjacent to an activating group) is 1. The van der Waals surface area contributed by atoms with Crippen LogP contribution in [0.15, 0.2) is 0 Å². The summed E-state index contributed by atoms with van der Waals surface area (Å²) in [6.45, 7) is 0.537. The van der Waals surface area contributed by atoms with Crippen LogP contribution in [0.1, 0.15) is 0 Å². The van der Waals surface area contributed by atoms with Crippen LogP contribution in [0.5, 0.6) is 0 Å². The molecule has 5 heteroatoms. The Labute approximate surface area is 71.0 Å². The molecule has 0 aromatic rings. The molecule has 72 valence electrons. The van der Waals surface area contributed by atoms with E-state index < -0.39 is 24.4 Å². The second-order valence-electron chi connectivity index (χ2n) is 2.98. The lowest BCUT2D eigenvalue weighted by Gasteiger charge is -2.35. The molecule has 0 aliphatic carbocycles. The van der Waals surface area contributed by atoms with Gasteiger partial charge in [0.1, 0.15) is 18.3 Å². The first kappa shape index (κ1) is 9.88. The molecule has 0 bridgehead atoms. The summed E-state index contributed by atoms with van der Waals surface area (Å²) in [4.78, 5) is 0. The highest BCUT2D eigenvalue weighted by Gasteiger charge is 2.36. The topological polar surface area (TPSA) is 82.0 Å². The molecule has 3 unspecified atom stereocenters. The molecular formula is C7H15NO4. The molecule has 0 aromatic heterocycles. The van der Waals surface area contributed by atoms with Crippen molar-refractivity contribution >= 4 is 0 Å². The lowest BCUT2D eigenvalue weighted by Crippen LogP contribution is -2.55. The minimum atomic E-state index is -1.10. The Hall–Kier alpha value is -0.200. The number of aliphatic hydroxyl groups is 3. The van der Waals surface area contributed by atoms with E-state index in [1.54, 1.807) is 7.05 Å². The highest BCUT2D eigenvalue weighted by molar-refractivity contribution is 4.87. The number of nitrogens with one attached hydrogen (secondary N) is 1. The van der Waals surface area contributed by atoms with Crippen LogP contribution in [-0.4, -0.2) is 59.9 Å². The van der Waals surface area contributed by atoms with Crippen LogP contribution in [0.2, 0.25) is 0 Å². The number of ether oxygens (including phenoxy) is 1. The molecule has 1 aliphatic rings. The van der Waals surface area contributed by atoms with Gasteiger partial charge in [0.05, 0.1) is 12.7 Å². The fraction of sp³-hybridized carbons (Fsp3) is 1.00. The van der Waals surface area contributed by atoms with Gasteiger partial charge in [0.15, 0.2) is 0 Å². The van der Waals surface area contributed by atoms with Crippen LogP contribution < -0.4 is 5.32 Å². The first-order valence-corrected chi connectivity index (χ1v) is 3.97. The van der Waals surface area contributed by atoms with Crippen LogP contribution in [0.25, 0.3) is 0 Å². The highest BCUT2D eigenvalue weighted by atomic mass is 16.5. The zero-order valence-electron chi connectivity index (χ0n) is 6.97. The van der Waals surface area contributed by atoms with Crippen molar-refractivity contribution in [3.05, 3.63) is 0 Å². The van der Waals surface area contributed by atoms with E-state index >= 15 is 0 Å². The molecular weight excluding hydrogens is 162 g/mol. The molecule has 4 N–H and O–H groups in total. The molecule has 1 aliphatic heterocycles. The Bertz CT molecular complexity index is 143. The van der Waals surface area contributed by atoms with E-state index in [0.717, 1.165) is 0 Å². The van der Waals surface area contributed by atoms with E-state index in [1.807, 2.05) is 0 Å². The Morgan fingerprint density at radius 2 is 2.00 bits per heavy atom. The number of aliphatic hydroxyl groups excluding tert-OH is 3. The maximum Gasteiger partial charge on any atom is 0.111 e. The van der Waals surface area contributed by atoms with E-state index in [9.17, 15) is 10.2 Å². The van der Waals surface area contributed by atoms with Gasteiger partial charge in [-0.05, 0) is 7.05 Å². The Kier molecular flexibility index (Phi) is 3.42. The zero-order chi connectivity index (χ0) is 9.14. The summed E-state index contributed by atoms with van der Waals surface area (Å²) in [6.07, 6.45) is -3.53. The van der Waals surface area contributed by atoms with Crippen molar-refractivity contribution in [1.82, 2.24) is 5.32 Å². The summed E-state index contributed by atoms with van der Waals surface area (Å²) in [5.41, 5.74) is 0. The Morgan fingerprint density at radius 1 is 1.33 bits per heavy atom. The maximum atomic E-state index is 9.36. The Balaban J connectivity index is 2.46. The molecule has 0 spiro atoms. The van der Waals surface area contributed by atoms with E-state index in [4.69, 9.17) is 9.84 Å². The number of hydrogen-bond donors (Lipinski definition) is 4. The third-order valence-electron chi connectivity index (χ3n) is 2.01. The summed E-state index contributed by atoms with van der Waals surface area (Å²) in [5, 5.41) is 30.5. The van der Waals surface area contributed by atoms with Gasteiger partial charge in [-0.25, -0.2) is 0 Å². The van der Waals surface area contributed by atoms with Crippen molar-refractivity contribution in [1.29, 1.82) is 0 Å². The first-order valence-electron chi connectivity index (χ1n) is 3.97. The molecule has 12 heavy (non-hydrogen) atoms. The van der Waals surface area contributed by atoms with Crippen molar-refractivity contribution in [3.63, 3.8) is 0 Å². The lowest BCUT2D eigenvalue weighted by atomic mass is 10.0. The van der Waals surface area contributed by atoms with Crippen molar-refractivity contribution in [3.8, 4) is 0 Å². The third kappa shape index (κ3) is 1.94. The van der Waals surface area contributed by atoms with Crippen LogP contribution in [-0.2, 0) is 4.74 Å². The van der Waals surface area contributed by atoms with Crippen molar-refractivity contribution in [2.75, 3.05) is 20.2 Å². The molecule has 1 heterocycles. The fourth-order valence-electron chi connectivity index (χ4n) is 1.25. The predicted molar refractivity (Wildman–Crippen MR) is 41.7 cm³/mol. The average molecular weight is 177 g/mol. The molecule has 0 radical (unpaired) electrons. The van der Waals surface area contributed by atoms with Crippen LogP contribution in [0.4, 0.5) is 0 Å². The minimum Gasteiger partial charge on any atom is -0.388 e. The Morgan fingerprint density at radius 3 is 2.58 bits per heavy atom. The predicted octanol–water partition coefficient (Wildman–Crippen LogP) is -2.31. The van der Waals surface area contributed by atoms with Gasteiger partial charge in [-0.2, -0.15) is 0 Å². The van der Waals surface area contributed by atoms with Gasteiger partial charge in [0.2, 0.25) is 0 Å². The standard InChI is InChI=1S/C7H15NO4/c1-8-2-5-7(11)6(10)4(9)3-12-5/h4-11H,2-3H2,1H3/t4?,5?,6?,7-/m0/s1. The first-order chi connectivity index (χ1) is 5.66. The summed E-state index contributed by atoms with van der Waals surface area (Å²) >= 11 is 0. The second-order valence-corrected chi connectivity index (χ2v) is 2.98. The molecule has 5 nitrogen and oxygen atoms in total. The van der Waals surface area contributed by atoms with Crippen LogP contribution in [0.3, 0.4) is 0 Å². The molecule has 0 saturated carbocycles. The van der Waals surface area contributed by atoms with Crippen molar-refractivity contribution in [2.45, 2.75) is 24.4 Å². The molecule has 1 fully saturated rings. The zero-order valence-corrected chi connectivity index (χ0v) is 6.97. The number of rotatable bonds is 2. The molecule has 1 rings (SSSR count). The van der Waals surface area contributed by atoms with Gasteiger partial charge in [-0.3, -0.25) is 0 Å². The molecule has 0 amide bonds. The van der Waals surface area contributed by atoms with Gasteiger partial charge >= 0.3 is 0 Å². The average Bonchev–Trinajstić information content (AvgIpc) is 2.07. The van der Waals surface area contributed by atoms with Crippen molar-refractivity contribution < 1.29 is 20.1 Å². The lowest BCUT2D eigenvalue weighted by molar-refractivity contribution is -0.184. The van der Waals surface area contributed by atoms with Gasteiger partial charge in [0.25, 0.3) is 0 Å². The monoisotopic (exact) mass is 177 g/mol. The summed E-state index contributed by atoms with van der Waals surface area (Å²) in [6, 6.07) is 0. The molecule has 4 atom stereocenters. The number of hydrogen-bond acceptors (Lipinski definition) is 5. The van der Waals surface area contributed by atoms with E-state index in [2.05, 4.69) is 5.32 Å². The van der Waals surface area contributed by atoms with Gasteiger partial charge in [0, 0.05) is 6.54 Å². The maximum absolute atomic E-state index is 9.36.